The van der Waals surface area contributed by atoms with E-state index in [1.165, 1.54) is 11.1 Å². The van der Waals surface area contributed by atoms with E-state index in [-0.39, 0.29) is 5.60 Å². The standard InChI is InChI=1S/C16H16O2/c1-16(13-6-4-3-5-7-13)11-12-10-14(17-2)8-9-15(12)18-16/h3-10H,11H2,1-2H3. The van der Waals surface area contributed by atoms with Crippen LogP contribution in [0.4, 0.5) is 0 Å². The molecular formula is C16H16O2. The molecule has 0 radical (unpaired) electrons. The van der Waals surface area contributed by atoms with E-state index in [1.54, 1.807) is 7.11 Å². The molecule has 0 bridgehead atoms. The Morgan fingerprint density at radius 1 is 1.11 bits per heavy atom. The summed E-state index contributed by atoms with van der Waals surface area (Å²) in [5.74, 6) is 1.84. The molecule has 2 nitrogen and oxygen atoms in total. The second-order valence-electron chi connectivity index (χ2n) is 4.85. The van der Waals surface area contributed by atoms with Crippen molar-refractivity contribution in [2.24, 2.45) is 0 Å². The number of ether oxygens (including phenoxy) is 2. The number of hydrogen-bond donors (Lipinski definition) is 0. The van der Waals surface area contributed by atoms with Crippen molar-refractivity contribution in [1.29, 1.82) is 0 Å². The fourth-order valence-corrected chi connectivity index (χ4v) is 2.51. The molecule has 1 aliphatic rings. The van der Waals surface area contributed by atoms with Crippen LogP contribution in [0.2, 0.25) is 0 Å². The van der Waals surface area contributed by atoms with Gasteiger partial charge in [-0.2, -0.15) is 0 Å². The highest BCUT2D eigenvalue weighted by atomic mass is 16.5. The summed E-state index contributed by atoms with van der Waals surface area (Å²) in [4.78, 5) is 0. The van der Waals surface area contributed by atoms with Gasteiger partial charge in [0.1, 0.15) is 17.1 Å². The smallest absolute Gasteiger partial charge is 0.135 e. The van der Waals surface area contributed by atoms with Crippen LogP contribution in [-0.4, -0.2) is 7.11 Å². The van der Waals surface area contributed by atoms with Gasteiger partial charge in [-0.25, -0.2) is 0 Å². The Balaban J connectivity index is 1.97. The lowest BCUT2D eigenvalue weighted by atomic mass is 9.91. The Morgan fingerprint density at radius 3 is 2.61 bits per heavy atom. The zero-order valence-corrected chi connectivity index (χ0v) is 10.6. The van der Waals surface area contributed by atoms with E-state index in [1.807, 2.05) is 30.3 Å². The summed E-state index contributed by atoms with van der Waals surface area (Å²) < 4.78 is 11.4. The maximum Gasteiger partial charge on any atom is 0.135 e. The quantitative estimate of drug-likeness (QED) is 0.799. The molecule has 0 saturated heterocycles. The summed E-state index contributed by atoms with van der Waals surface area (Å²) in [5.41, 5.74) is 2.15. The Kier molecular flexibility index (Phi) is 2.51. The van der Waals surface area contributed by atoms with Gasteiger partial charge in [0.15, 0.2) is 0 Å². The van der Waals surface area contributed by atoms with Crippen molar-refractivity contribution < 1.29 is 9.47 Å². The van der Waals surface area contributed by atoms with Crippen LogP contribution in [0.15, 0.2) is 48.5 Å². The van der Waals surface area contributed by atoms with E-state index >= 15 is 0 Å². The van der Waals surface area contributed by atoms with Crippen LogP contribution in [0.3, 0.4) is 0 Å². The zero-order valence-electron chi connectivity index (χ0n) is 10.6. The maximum absolute atomic E-state index is 6.12. The van der Waals surface area contributed by atoms with Gasteiger partial charge in [0.2, 0.25) is 0 Å². The second kappa shape index (κ2) is 4.05. The lowest BCUT2D eigenvalue weighted by molar-refractivity contribution is 0.116. The molecule has 0 aromatic heterocycles. The first-order valence-electron chi connectivity index (χ1n) is 6.13. The molecule has 2 aromatic carbocycles. The Hall–Kier alpha value is -1.96. The second-order valence-corrected chi connectivity index (χ2v) is 4.85. The molecule has 0 saturated carbocycles. The Labute approximate surface area is 107 Å². The molecule has 2 heteroatoms. The molecule has 0 spiro atoms. The van der Waals surface area contributed by atoms with Crippen molar-refractivity contribution in [2.45, 2.75) is 18.9 Å². The molecule has 0 fully saturated rings. The van der Waals surface area contributed by atoms with Gasteiger partial charge in [0.25, 0.3) is 0 Å². The van der Waals surface area contributed by atoms with Crippen LogP contribution in [0.25, 0.3) is 0 Å². The predicted octanol–water partition coefficient (Wildman–Crippen LogP) is 3.55. The van der Waals surface area contributed by atoms with Crippen molar-refractivity contribution in [2.75, 3.05) is 7.11 Å². The topological polar surface area (TPSA) is 18.5 Å². The fourth-order valence-electron chi connectivity index (χ4n) is 2.51. The van der Waals surface area contributed by atoms with Gasteiger partial charge in [-0.05, 0) is 30.7 Å². The van der Waals surface area contributed by atoms with Crippen LogP contribution in [0.1, 0.15) is 18.1 Å². The van der Waals surface area contributed by atoms with Gasteiger partial charge >= 0.3 is 0 Å². The molecule has 1 atom stereocenters. The number of hydrogen-bond acceptors (Lipinski definition) is 2. The molecular weight excluding hydrogens is 224 g/mol. The van der Waals surface area contributed by atoms with Gasteiger partial charge < -0.3 is 9.47 Å². The molecule has 0 aliphatic carbocycles. The summed E-state index contributed by atoms with van der Waals surface area (Å²) in [7, 11) is 1.69. The van der Waals surface area contributed by atoms with Gasteiger partial charge in [-0.1, -0.05) is 30.3 Å². The predicted molar refractivity (Wildman–Crippen MR) is 71.1 cm³/mol. The van der Waals surface area contributed by atoms with Crippen LogP contribution in [0.5, 0.6) is 11.5 Å². The van der Waals surface area contributed by atoms with Crippen molar-refractivity contribution in [3.05, 3.63) is 59.7 Å². The van der Waals surface area contributed by atoms with Gasteiger partial charge in [0.05, 0.1) is 7.11 Å². The number of benzene rings is 2. The van der Waals surface area contributed by atoms with E-state index in [9.17, 15) is 0 Å². The largest absolute Gasteiger partial charge is 0.497 e. The highest BCUT2D eigenvalue weighted by Gasteiger charge is 2.36. The fraction of sp³-hybridized carbons (Fsp3) is 0.250. The van der Waals surface area contributed by atoms with Crippen LogP contribution < -0.4 is 9.47 Å². The van der Waals surface area contributed by atoms with Crippen molar-refractivity contribution in [3.63, 3.8) is 0 Å². The molecule has 2 aromatic rings. The first kappa shape index (κ1) is 11.1. The molecule has 1 heterocycles. The Bertz CT molecular complexity index is 563. The third-order valence-electron chi connectivity index (χ3n) is 3.52. The lowest BCUT2D eigenvalue weighted by Crippen LogP contribution is -2.26. The first-order chi connectivity index (χ1) is 8.71. The molecule has 92 valence electrons. The third kappa shape index (κ3) is 1.74. The minimum Gasteiger partial charge on any atom is -0.497 e. The minimum absolute atomic E-state index is 0.268. The third-order valence-corrected chi connectivity index (χ3v) is 3.52. The number of methoxy groups -OCH3 is 1. The van der Waals surface area contributed by atoms with Gasteiger partial charge in [-0.3, -0.25) is 0 Å². The number of fused-ring (bicyclic) bond motifs is 1. The summed E-state index contributed by atoms with van der Waals surface area (Å²) in [5, 5.41) is 0. The molecule has 18 heavy (non-hydrogen) atoms. The zero-order chi connectivity index (χ0) is 12.6. The average molecular weight is 240 g/mol. The average Bonchev–Trinajstić information content (AvgIpc) is 2.76. The summed E-state index contributed by atoms with van der Waals surface area (Å²) in [6, 6.07) is 16.3. The van der Waals surface area contributed by atoms with Crippen LogP contribution in [-0.2, 0) is 12.0 Å². The van der Waals surface area contributed by atoms with Crippen LogP contribution >= 0.6 is 0 Å². The van der Waals surface area contributed by atoms with Crippen molar-refractivity contribution in [1.82, 2.24) is 0 Å². The monoisotopic (exact) mass is 240 g/mol. The molecule has 0 amide bonds. The number of rotatable bonds is 2. The molecule has 0 N–H and O–H groups in total. The van der Waals surface area contributed by atoms with Gasteiger partial charge in [0, 0.05) is 12.0 Å². The Morgan fingerprint density at radius 2 is 1.89 bits per heavy atom. The lowest BCUT2D eigenvalue weighted by Gasteiger charge is -2.24. The maximum atomic E-state index is 6.12. The summed E-state index contributed by atoms with van der Waals surface area (Å²) >= 11 is 0. The van der Waals surface area contributed by atoms with E-state index < -0.39 is 0 Å². The molecule has 1 unspecified atom stereocenters. The molecule has 3 rings (SSSR count). The summed E-state index contributed by atoms with van der Waals surface area (Å²) in [6.07, 6.45) is 0.879. The van der Waals surface area contributed by atoms with E-state index in [0.717, 1.165) is 17.9 Å². The van der Waals surface area contributed by atoms with E-state index in [4.69, 9.17) is 9.47 Å². The SMILES string of the molecule is COc1ccc2c(c1)CC(C)(c1ccccc1)O2. The van der Waals surface area contributed by atoms with Crippen LogP contribution in [0, 0.1) is 0 Å². The minimum atomic E-state index is -0.268. The molecule has 1 aliphatic heterocycles. The first-order valence-corrected chi connectivity index (χ1v) is 6.13. The summed E-state index contributed by atoms with van der Waals surface area (Å²) in [6.45, 7) is 2.13. The highest BCUT2D eigenvalue weighted by Crippen LogP contribution is 2.42. The van der Waals surface area contributed by atoms with E-state index in [2.05, 4.69) is 25.1 Å². The normalized spacial score (nSPS) is 21.2. The van der Waals surface area contributed by atoms with Gasteiger partial charge in [-0.15, -0.1) is 0 Å². The highest BCUT2D eigenvalue weighted by molar-refractivity contribution is 5.46. The van der Waals surface area contributed by atoms with E-state index in [0.29, 0.717) is 0 Å². The van der Waals surface area contributed by atoms with Crippen molar-refractivity contribution in [3.8, 4) is 11.5 Å². The van der Waals surface area contributed by atoms with Crippen molar-refractivity contribution >= 4 is 0 Å².